The maximum absolute atomic E-state index is 11.7. The molecule has 35 heteroatoms. The second-order valence-electron chi connectivity index (χ2n) is 22.7. The Morgan fingerprint density at radius 3 is 1.12 bits per heavy atom. The highest BCUT2D eigenvalue weighted by Gasteiger charge is 2.29. The van der Waals surface area contributed by atoms with Gasteiger partial charge in [-0.1, -0.05) is 112 Å². The molecule has 0 aliphatic carbocycles. The fourth-order valence-corrected chi connectivity index (χ4v) is 14.0. The molecule has 0 fully saturated rings. The largest absolute Gasteiger partial charge is 0.549 e. The van der Waals surface area contributed by atoms with Crippen molar-refractivity contribution in [2.24, 2.45) is 0 Å². The first-order valence-corrected chi connectivity index (χ1v) is 39.2. The number of thiol groups is 1. The molecule has 1 rings (SSSR count). The van der Waals surface area contributed by atoms with Crippen LogP contribution in [0.3, 0.4) is 0 Å². The molecule has 550 valence electrons. The van der Waals surface area contributed by atoms with Crippen LogP contribution in [-0.4, -0.2) is 187 Å². The van der Waals surface area contributed by atoms with E-state index in [0.717, 1.165) is 36.5 Å². The molecule has 0 aliphatic heterocycles. The number of nitro groups is 1. The fourth-order valence-electron chi connectivity index (χ4n) is 5.39. The van der Waals surface area contributed by atoms with Crippen LogP contribution < -0.4 is 21.3 Å². The molecular weight excluding hydrogens is 1420 g/mol. The van der Waals surface area contributed by atoms with Gasteiger partial charge < -0.3 is 59.2 Å². The summed E-state index contributed by atoms with van der Waals surface area (Å²) in [5.41, 5.74) is -2.39. The molecule has 0 bridgehead atoms. The van der Waals surface area contributed by atoms with Crippen LogP contribution in [0, 0.1) is 10.1 Å². The van der Waals surface area contributed by atoms with Crippen LogP contribution in [0.1, 0.15) is 136 Å². The zero-order valence-electron chi connectivity index (χ0n) is 59.0. The van der Waals surface area contributed by atoms with E-state index in [0.29, 0.717) is 33.0 Å². The SMILES string of the molecule is C=CC(CC)SSC[C@H](NC(=O)OC(C)(C)C)C(=O)OC.C=CC(CC)SSC[C@H](NC(=O)OC(C)(C)C)C(=O)OC.C=CC(CC)SSc1ccc([N+](=O)[O-])cn1.CC/C=C/CSC[C@H](NC(=O)OC(C)(C)C)C(=O)OC.COC(=O)[C@H](CS)NC(=O)OC(C)(C)C.O=[Si]=O. The van der Waals surface area contributed by atoms with Crippen molar-refractivity contribution in [2.75, 3.05) is 57.2 Å². The molecule has 26 nitrogen and oxygen atoms in total. The first-order valence-electron chi connectivity index (χ1n) is 29.6. The summed E-state index contributed by atoms with van der Waals surface area (Å²) in [6.45, 7) is 40.6. The van der Waals surface area contributed by atoms with Gasteiger partial charge in [-0.3, -0.25) is 19.0 Å². The Hall–Kier alpha value is -4.91. The Balaban J connectivity index is -0.000000357. The topological polar surface area (TPSA) is 349 Å². The number of hydrogen-bond acceptors (Lipinski definition) is 29. The number of thioether (sulfide) groups is 1. The van der Waals surface area contributed by atoms with Gasteiger partial charge in [0.2, 0.25) is 0 Å². The maximum Gasteiger partial charge on any atom is 0.549 e. The molecule has 7 atom stereocenters. The van der Waals surface area contributed by atoms with Crippen molar-refractivity contribution in [3.05, 3.63) is 78.6 Å². The third-order valence-corrected chi connectivity index (χ3v) is 19.9. The zero-order valence-corrected chi connectivity index (χ0v) is 66.6. The summed E-state index contributed by atoms with van der Waals surface area (Å²) in [6.07, 6.45) is 12.4. The molecule has 4 amide bonds. The summed E-state index contributed by atoms with van der Waals surface area (Å²) in [6, 6.07) is 0.175. The van der Waals surface area contributed by atoms with Gasteiger partial charge in [0.25, 0.3) is 5.69 Å². The van der Waals surface area contributed by atoms with E-state index in [1.807, 2.05) is 24.3 Å². The molecular formula is C61H104N6O20S8Si. The molecule has 4 N–H and O–H groups in total. The lowest BCUT2D eigenvalue weighted by Gasteiger charge is -2.22. The van der Waals surface area contributed by atoms with Gasteiger partial charge in [-0.2, -0.15) is 24.4 Å². The van der Waals surface area contributed by atoms with E-state index in [1.54, 1.807) is 133 Å². The second-order valence-corrected chi connectivity index (χ2v) is 32.0. The van der Waals surface area contributed by atoms with E-state index < -0.39 is 109 Å². The Bertz CT molecular complexity index is 2450. The van der Waals surface area contributed by atoms with Crippen molar-refractivity contribution >= 4 is 152 Å². The van der Waals surface area contributed by atoms with Gasteiger partial charge in [-0.25, -0.2) is 43.3 Å². The van der Waals surface area contributed by atoms with E-state index in [-0.39, 0.29) is 11.4 Å². The molecule has 1 aromatic rings. The summed E-state index contributed by atoms with van der Waals surface area (Å²) >= 11 is 5.47. The molecule has 1 aromatic heterocycles. The number of pyridine rings is 1. The van der Waals surface area contributed by atoms with Crippen molar-refractivity contribution in [2.45, 2.75) is 204 Å². The Kier molecular flexibility index (Phi) is 60.2. The average Bonchev–Trinajstić information content (AvgIpc) is 1.59. The standard InChI is InChI=1S/2C14H25NO4S2.C14H25NO4S.C10H12N2O2S2.C9H17NO4S.O2Si/c2*1-7-10(8-2)21-20-9-11(12(16)18-6)15-13(17)19-14(3,4)5;1-6-7-8-9-20-10-11(12(16)18-5)15-13(17)19-14(2,3)4;1-3-9(4-2)15-16-10-6-5-8(7-11-10)12(13)14;1-9(2,3)14-8(12)10-6(5-15)7(11)13-4;1-3-2/h2*7,10-11H,1,8-9H2,2-6H3,(H,15,17);7-8,11H,6,9-10H2,1-5H3,(H,15,17);3,5-7,9H,1,4H2,2H3;6,15H,5H2,1-4H3,(H,10,12);/b;;8-7+;;;/t2*10?,11-;11-;;6-;/m000.0./s1. The first kappa shape index (κ1) is 99.7. The first-order chi connectivity index (χ1) is 44.6. The van der Waals surface area contributed by atoms with Gasteiger partial charge in [0.05, 0.1) is 33.4 Å². The minimum absolute atomic E-state index is 0.0186. The molecule has 96 heavy (non-hydrogen) atoms. The summed E-state index contributed by atoms with van der Waals surface area (Å²) in [5, 5.41) is 22.2. The van der Waals surface area contributed by atoms with Crippen molar-refractivity contribution < 1.29 is 90.1 Å². The van der Waals surface area contributed by atoms with E-state index in [2.05, 4.69) is 102 Å². The van der Waals surface area contributed by atoms with Crippen molar-refractivity contribution in [1.82, 2.24) is 26.3 Å². The number of hydrogen-bond donors (Lipinski definition) is 5. The van der Waals surface area contributed by atoms with E-state index in [4.69, 9.17) is 37.3 Å². The van der Waals surface area contributed by atoms with Crippen LogP contribution in [-0.2, 0) is 66.0 Å². The number of carbonyl (C=O) groups excluding carboxylic acids is 8. The second kappa shape index (κ2) is 57.9. The van der Waals surface area contributed by atoms with Crippen molar-refractivity contribution in [3.63, 3.8) is 0 Å². The minimum atomic E-state index is -1.42. The molecule has 1 heterocycles. The van der Waals surface area contributed by atoms with Crippen LogP contribution >= 0.6 is 89.2 Å². The molecule has 0 radical (unpaired) electrons. The average molecular weight is 1530 g/mol. The van der Waals surface area contributed by atoms with Crippen LogP contribution in [0.25, 0.3) is 0 Å². The minimum Gasteiger partial charge on any atom is -0.467 e. The van der Waals surface area contributed by atoms with Crippen molar-refractivity contribution in [3.8, 4) is 0 Å². The predicted molar refractivity (Wildman–Crippen MR) is 396 cm³/mol. The van der Waals surface area contributed by atoms with Gasteiger partial charge in [0.1, 0.15) is 57.8 Å². The number of alkyl carbamates (subject to hydrolysis) is 4. The number of methoxy groups -OCH3 is 4. The van der Waals surface area contributed by atoms with Crippen LogP contribution in [0.2, 0.25) is 0 Å². The number of nitrogens with one attached hydrogen (secondary N) is 4. The highest BCUT2D eigenvalue weighted by atomic mass is 33.1. The number of aromatic nitrogens is 1. The Labute approximate surface area is 604 Å². The van der Waals surface area contributed by atoms with Crippen LogP contribution in [0.15, 0.2) is 73.5 Å². The smallest absolute Gasteiger partial charge is 0.467 e. The van der Waals surface area contributed by atoms with Gasteiger partial charge in [0, 0.05) is 50.6 Å². The monoisotopic (exact) mass is 1520 g/mol. The number of amides is 4. The predicted octanol–water partition coefficient (Wildman–Crippen LogP) is 13.6. The molecule has 0 aliphatic rings. The van der Waals surface area contributed by atoms with Crippen LogP contribution in [0.5, 0.6) is 0 Å². The van der Waals surface area contributed by atoms with Gasteiger partial charge in [-0.05, 0) is 126 Å². The van der Waals surface area contributed by atoms with E-state index in [9.17, 15) is 48.5 Å². The fraction of sp³-hybridized carbons (Fsp3) is 0.656. The number of nitrogens with zero attached hydrogens (tertiary/aromatic N) is 2. The lowest BCUT2D eigenvalue weighted by molar-refractivity contribution is -0.385. The number of carbonyl (C=O) groups is 8. The normalized spacial score (nSPS) is 12.9. The molecule has 3 unspecified atom stereocenters. The number of esters is 4. The van der Waals surface area contributed by atoms with Gasteiger partial charge >= 0.3 is 57.5 Å². The highest BCUT2D eigenvalue weighted by Crippen LogP contribution is 2.35. The Morgan fingerprint density at radius 1 is 0.552 bits per heavy atom. The quantitative estimate of drug-likeness (QED) is 0.00515. The lowest BCUT2D eigenvalue weighted by atomic mass is 10.2. The maximum atomic E-state index is 11.7. The lowest BCUT2D eigenvalue weighted by Crippen LogP contribution is -2.45. The summed E-state index contributed by atoms with van der Waals surface area (Å²) in [5.74, 6) is 0.213. The highest BCUT2D eigenvalue weighted by molar-refractivity contribution is 8.77. The molecule has 0 spiro atoms. The molecule has 0 saturated heterocycles. The Morgan fingerprint density at radius 2 is 0.865 bits per heavy atom. The van der Waals surface area contributed by atoms with Crippen molar-refractivity contribution in [1.29, 1.82) is 0 Å². The van der Waals surface area contributed by atoms with Gasteiger partial charge in [0.15, 0.2) is 0 Å². The third-order valence-electron chi connectivity index (χ3n) is 9.83. The summed E-state index contributed by atoms with van der Waals surface area (Å²) in [4.78, 5) is 106. The van der Waals surface area contributed by atoms with E-state index in [1.165, 1.54) is 73.1 Å². The number of ether oxygens (including phenoxy) is 8. The third kappa shape index (κ3) is 60.3. The number of allylic oxidation sites excluding steroid dienone is 1. The summed E-state index contributed by atoms with van der Waals surface area (Å²) in [7, 11) is 13.1. The summed E-state index contributed by atoms with van der Waals surface area (Å²) < 4.78 is 55.8. The van der Waals surface area contributed by atoms with Gasteiger partial charge in [-0.15, -0.1) is 19.7 Å². The zero-order chi connectivity index (χ0) is 75.3. The van der Waals surface area contributed by atoms with E-state index >= 15 is 0 Å². The molecule has 0 saturated carbocycles. The number of rotatable bonds is 32. The molecule has 0 aromatic carbocycles. The van der Waals surface area contributed by atoms with Crippen LogP contribution in [0.4, 0.5) is 24.9 Å².